The van der Waals surface area contributed by atoms with Gasteiger partial charge in [-0.1, -0.05) is 37.6 Å². The van der Waals surface area contributed by atoms with Crippen molar-refractivity contribution in [2.75, 3.05) is 11.9 Å². The molecule has 1 aromatic heterocycles. The van der Waals surface area contributed by atoms with Crippen LogP contribution >= 0.6 is 11.6 Å². The molecule has 4 rings (SSSR count). The molecular formula is C20H23ClF3N3O. The molecular weight excluding hydrogens is 391 g/mol. The number of carbonyl (C=O) groups is 1. The summed E-state index contributed by atoms with van der Waals surface area (Å²) in [5.74, 6) is -0.603. The minimum Gasteiger partial charge on any atom is -0.382 e. The molecule has 1 aliphatic carbocycles. The second-order valence-electron chi connectivity index (χ2n) is 6.90. The minimum atomic E-state index is -4.42. The number of carbonyl (C=O) groups excluding carboxylic acids is 1. The van der Waals surface area contributed by atoms with Crippen LogP contribution in [0, 0.1) is 6.92 Å². The first kappa shape index (κ1) is 20.7. The average Bonchev–Trinajstić information content (AvgIpc) is 3.43. The van der Waals surface area contributed by atoms with E-state index in [-0.39, 0.29) is 29.0 Å². The van der Waals surface area contributed by atoms with Crippen LogP contribution in [0.1, 0.15) is 60.4 Å². The Morgan fingerprint density at radius 1 is 1.29 bits per heavy atom. The first-order valence-corrected chi connectivity index (χ1v) is 9.87. The fraction of sp³-hybridized carbons (Fsp3) is 0.500. The van der Waals surface area contributed by atoms with Crippen molar-refractivity contribution in [1.82, 2.24) is 9.78 Å². The van der Waals surface area contributed by atoms with Crippen LogP contribution < -0.4 is 5.32 Å². The second kappa shape index (κ2) is 7.43. The molecule has 152 valence electrons. The molecule has 0 bridgehead atoms. The number of nitrogens with one attached hydrogen (secondary N) is 1. The summed E-state index contributed by atoms with van der Waals surface area (Å²) >= 11 is 6.20. The number of anilines is 1. The van der Waals surface area contributed by atoms with Gasteiger partial charge in [-0.05, 0) is 44.2 Å². The average molecular weight is 414 g/mol. The fourth-order valence-electron chi connectivity index (χ4n) is 3.75. The standard InChI is InChI=1S/C18H17ClF3N3O.C2H6/c1-10-15-13(6-3-9-23-15)25(24-10)16(26)14-11(4-2-5-12(14)19)17(7-8-17)18(20,21)22;1-2/h2,4-5,23H,3,6-9H2,1H3;1-2H3. The minimum absolute atomic E-state index is 0.0219. The zero-order valence-corrected chi connectivity index (χ0v) is 16.8. The summed E-state index contributed by atoms with van der Waals surface area (Å²) in [7, 11) is 0. The molecule has 2 aliphatic rings. The summed E-state index contributed by atoms with van der Waals surface area (Å²) in [5.41, 5.74) is 0.00641. The zero-order chi connectivity index (χ0) is 20.7. The first-order valence-electron chi connectivity index (χ1n) is 9.49. The Bertz CT molecular complexity index is 901. The van der Waals surface area contributed by atoms with Gasteiger partial charge in [0.25, 0.3) is 5.91 Å². The molecule has 0 radical (unpaired) electrons. The number of aryl methyl sites for hydroxylation is 1. The highest BCUT2D eigenvalue weighted by molar-refractivity contribution is 6.34. The molecule has 1 aromatic carbocycles. The molecule has 8 heteroatoms. The Morgan fingerprint density at radius 3 is 2.57 bits per heavy atom. The third-order valence-electron chi connectivity index (χ3n) is 5.28. The maximum Gasteiger partial charge on any atom is 0.398 e. The molecule has 1 fully saturated rings. The summed E-state index contributed by atoms with van der Waals surface area (Å²) in [4.78, 5) is 13.2. The molecule has 0 amide bonds. The molecule has 0 saturated heterocycles. The molecule has 1 saturated carbocycles. The van der Waals surface area contributed by atoms with E-state index in [9.17, 15) is 18.0 Å². The van der Waals surface area contributed by atoms with Crippen molar-refractivity contribution in [1.29, 1.82) is 0 Å². The van der Waals surface area contributed by atoms with Crippen molar-refractivity contribution in [3.63, 3.8) is 0 Å². The number of rotatable bonds is 2. The Balaban J connectivity index is 0.00000109. The highest BCUT2D eigenvalue weighted by Gasteiger charge is 2.65. The lowest BCUT2D eigenvalue weighted by Gasteiger charge is -2.23. The van der Waals surface area contributed by atoms with Crippen LogP contribution in [0.2, 0.25) is 5.02 Å². The van der Waals surface area contributed by atoms with Crippen molar-refractivity contribution in [3.8, 4) is 0 Å². The van der Waals surface area contributed by atoms with Gasteiger partial charge in [-0.25, -0.2) is 0 Å². The normalized spacial score (nSPS) is 17.1. The highest BCUT2D eigenvalue weighted by atomic mass is 35.5. The van der Waals surface area contributed by atoms with E-state index in [0.717, 1.165) is 18.7 Å². The van der Waals surface area contributed by atoms with E-state index >= 15 is 0 Å². The SMILES string of the molecule is CC.Cc1nn(C(=O)c2c(Cl)cccc2C2(C(F)(F)F)CC2)c2c1NCCC2. The summed E-state index contributed by atoms with van der Waals surface area (Å²) in [5, 5.41) is 7.51. The van der Waals surface area contributed by atoms with Gasteiger partial charge >= 0.3 is 6.18 Å². The molecule has 0 spiro atoms. The van der Waals surface area contributed by atoms with E-state index in [0.29, 0.717) is 17.8 Å². The van der Waals surface area contributed by atoms with Crippen molar-refractivity contribution in [2.45, 2.75) is 58.0 Å². The summed E-state index contributed by atoms with van der Waals surface area (Å²) < 4.78 is 42.2. The van der Waals surface area contributed by atoms with Crippen LogP contribution in [0.25, 0.3) is 0 Å². The largest absolute Gasteiger partial charge is 0.398 e. The quantitative estimate of drug-likeness (QED) is 0.706. The van der Waals surface area contributed by atoms with Gasteiger partial charge < -0.3 is 5.32 Å². The smallest absolute Gasteiger partial charge is 0.382 e. The molecule has 0 unspecified atom stereocenters. The maximum absolute atomic E-state index is 13.6. The van der Waals surface area contributed by atoms with Crippen molar-refractivity contribution >= 4 is 23.2 Å². The number of fused-ring (bicyclic) bond motifs is 1. The summed E-state index contributed by atoms with van der Waals surface area (Å²) in [6.07, 6.45) is -3.02. The Morgan fingerprint density at radius 2 is 1.96 bits per heavy atom. The first-order chi connectivity index (χ1) is 13.3. The lowest BCUT2D eigenvalue weighted by molar-refractivity contribution is -0.160. The molecule has 0 atom stereocenters. The predicted octanol–water partition coefficient (Wildman–Crippen LogP) is 5.51. The number of hydrogen-bond donors (Lipinski definition) is 1. The Labute approximate surface area is 167 Å². The van der Waals surface area contributed by atoms with Crippen LogP contribution in [0.15, 0.2) is 18.2 Å². The van der Waals surface area contributed by atoms with E-state index in [1.165, 1.54) is 22.9 Å². The number of nitrogens with zero attached hydrogens (tertiary/aromatic N) is 2. The van der Waals surface area contributed by atoms with Crippen LogP contribution in [-0.4, -0.2) is 28.4 Å². The van der Waals surface area contributed by atoms with Crippen LogP contribution in [0.5, 0.6) is 0 Å². The van der Waals surface area contributed by atoms with E-state index in [1.54, 1.807) is 6.92 Å². The molecule has 1 aliphatic heterocycles. The molecule has 2 heterocycles. The van der Waals surface area contributed by atoms with Crippen LogP contribution in [0.3, 0.4) is 0 Å². The molecule has 1 N–H and O–H groups in total. The van der Waals surface area contributed by atoms with Gasteiger partial charge in [-0.2, -0.15) is 23.0 Å². The predicted molar refractivity (Wildman–Crippen MR) is 103 cm³/mol. The number of benzene rings is 1. The van der Waals surface area contributed by atoms with Crippen molar-refractivity contribution in [2.24, 2.45) is 0 Å². The monoisotopic (exact) mass is 413 g/mol. The van der Waals surface area contributed by atoms with E-state index in [2.05, 4.69) is 10.4 Å². The van der Waals surface area contributed by atoms with Gasteiger partial charge in [0.05, 0.1) is 33.1 Å². The Kier molecular flexibility index (Phi) is 5.49. The van der Waals surface area contributed by atoms with E-state index < -0.39 is 17.5 Å². The summed E-state index contributed by atoms with van der Waals surface area (Å²) in [6.45, 7) is 6.55. The third kappa shape index (κ3) is 3.19. The van der Waals surface area contributed by atoms with Gasteiger partial charge in [0.2, 0.25) is 0 Å². The molecule has 4 nitrogen and oxygen atoms in total. The maximum atomic E-state index is 13.6. The topological polar surface area (TPSA) is 46.9 Å². The third-order valence-corrected chi connectivity index (χ3v) is 5.59. The number of hydrogen-bond acceptors (Lipinski definition) is 3. The van der Waals surface area contributed by atoms with E-state index in [4.69, 9.17) is 11.6 Å². The second-order valence-corrected chi connectivity index (χ2v) is 7.30. The van der Waals surface area contributed by atoms with Gasteiger partial charge in [-0.3, -0.25) is 4.79 Å². The molecule has 2 aromatic rings. The van der Waals surface area contributed by atoms with Gasteiger partial charge in [0, 0.05) is 6.54 Å². The number of aromatic nitrogens is 2. The number of alkyl halides is 3. The lowest BCUT2D eigenvalue weighted by Crippen LogP contribution is -2.32. The van der Waals surface area contributed by atoms with Gasteiger partial charge in [0.1, 0.15) is 0 Å². The fourth-order valence-corrected chi connectivity index (χ4v) is 4.01. The summed E-state index contributed by atoms with van der Waals surface area (Å²) in [6, 6.07) is 4.28. The lowest BCUT2D eigenvalue weighted by atomic mass is 9.90. The zero-order valence-electron chi connectivity index (χ0n) is 16.1. The highest BCUT2D eigenvalue weighted by Crippen LogP contribution is 2.60. The van der Waals surface area contributed by atoms with Crippen molar-refractivity contribution in [3.05, 3.63) is 45.7 Å². The molecule has 28 heavy (non-hydrogen) atoms. The van der Waals surface area contributed by atoms with Crippen LogP contribution in [0.4, 0.5) is 18.9 Å². The van der Waals surface area contributed by atoms with Gasteiger partial charge in [0.15, 0.2) is 0 Å². The number of halogens is 4. The van der Waals surface area contributed by atoms with E-state index in [1.807, 2.05) is 13.8 Å². The van der Waals surface area contributed by atoms with Crippen molar-refractivity contribution < 1.29 is 18.0 Å². The van der Waals surface area contributed by atoms with Gasteiger partial charge in [-0.15, -0.1) is 0 Å². The Hall–Kier alpha value is -2.02. The van der Waals surface area contributed by atoms with Crippen LogP contribution in [-0.2, 0) is 11.8 Å².